The zero-order valence-corrected chi connectivity index (χ0v) is 14.1. The Hall–Kier alpha value is -2.38. The van der Waals surface area contributed by atoms with E-state index in [1.54, 1.807) is 6.07 Å². The van der Waals surface area contributed by atoms with Gasteiger partial charge in [0.15, 0.2) is 11.6 Å². The number of hydrogen-bond donors (Lipinski definition) is 0. The van der Waals surface area contributed by atoms with Crippen molar-refractivity contribution in [3.63, 3.8) is 0 Å². The van der Waals surface area contributed by atoms with E-state index in [2.05, 4.69) is 4.98 Å². The molecule has 0 amide bonds. The Kier molecular flexibility index (Phi) is 6.05. The van der Waals surface area contributed by atoms with Crippen LogP contribution in [0, 0.1) is 23.0 Å². The highest BCUT2D eigenvalue weighted by molar-refractivity contribution is 7.82. The van der Waals surface area contributed by atoms with Crippen LogP contribution in [-0.4, -0.2) is 26.2 Å². The maximum atomic E-state index is 13.6. The number of benzene rings is 1. The number of alkyl halides is 3. The Labute approximate surface area is 148 Å². The summed E-state index contributed by atoms with van der Waals surface area (Å²) in [6.45, 7) is 1.03. The lowest BCUT2D eigenvalue weighted by molar-refractivity contribution is -0.172. The molecule has 26 heavy (non-hydrogen) atoms. The Morgan fingerprint density at radius 3 is 2.46 bits per heavy atom. The molecule has 1 aromatic carbocycles. The number of pyridine rings is 1. The van der Waals surface area contributed by atoms with Crippen LogP contribution in [0.25, 0.3) is 0 Å². The van der Waals surface area contributed by atoms with Gasteiger partial charge in [0.25, 0.3) is 0 Å². The summed E-state index contributed by atoms with van der Waals surface area (Å²) in [6.07, 6.45) is -2.65. The van der Waals surface area contributed by atoms with Crippen LogP contribution in [0.15, 0.2) is 41.6 Å². The number of nitriles is 1. The van der Waals surface area contributed by atoms with Crippen molar-refractivity contribution >= 4 is 11.0 Å². The molecule has 0 radical (unpaired) electrons. The summed E-state index contributed by atoms with van der Waals surface area (Å²) in [4.78, 5) is 3.57. The van der Waals surface area contributed by atoms with E-state index < -0.39 is 40.4 Å². The highest BCUT2D eigenvalue weighted by Crippen LogP contribution is 2.39. The van der Waals surface area contributed by atoms with Crippen molar-refractivity contribution in [1.29, 1.82) is 5.26 Å². The second-order valence-corrected chi connectivity index (χ2v) is 6.56. The SMILES string of the molecule is CCN(C(c1ccc(F)c(F)c1)C(F)(F)F)S(=O)c1cncc(C#N)c1. The highest BCUT2D eigenvalue weighted by atomic mass is 32.2. The largest absolute Gasteiger partial charge is 0.409 e. The third-order valence-corrected chi connectivity index (χ3v) is 4.95. The molecule has 4 nitrogen and oxygen atoms in total. The summed E-state index contributed by atoms with van der Waals surface area (Å²) in [7, 11) is -2.34. The standard InChI is InChI=1S/C16H12F5N3OS/c1-2-24(26(25)12-5-10(7-22)8-23-9-12)15(16(19,20)21)11-3-4-13(17)14(18)6-11/h3-6,8-9,15H,2H2,1H3. The molecule has 10 heteroatoms. The number of hydrogen-bond acceptors (Lipinski definition) is 3. The molecule has 0 aliphatic rings. The summed E-state index contributed by atoms with van der Waals surface area (Å²) < 4.78 is 80.7. The lowest BCUT2D eigenvalue weighted by Crippen LogP contribution is -2.39. The maximum absolute atomic E-state index is 13.6. The predicted octanol–water partition coefficient (Wildman–Crippen LogP) is 3.88. The van der Waals surface area contributed by atoms with E-state index in [4.69, 9.17) is 5.26 Å². The van der Waals surface area contributed by atoms with Gasteiger partial charge in [-0.2, -0.15) is 18.4 Å². The van der Waals surface area contributed by atoms with Gasteiger partial charge < -0.3 is 0 Å². The molecule has 1 aromatic heterocycles. The van der Waals surface area contributed by atoms with Crippen molar-refractivity contribution < 1.29 is 26.2 Å². The van der Waals surface area contributed by atoms with Crippen LogP contribution < -0.4 is 0 Å². The zero-order chi connectivity index (χ0) is 19.5. The molecular weight excluding hydrogens is 377 g/mol. The summed E-state index contributed by atoms with van der Waals surface area (Å²) >= 11 is 0. The number of nitrogens with zero attached hydrogens (tertiary/aromatic N) is 3. The quantitative estimate of drug-likeness (QED) is 0.730. The van der Waals surface area contributed by atoms with E-state index in [9.17, 15) is 26.2 Å². The van der Waals surface area contributed by atoms with Gasteiger partial charge in [0.2, 0.25) is 0 Å². The van der Waals surface area contributed by atoms with Crippen LogP contribution in [0.5, 0.6) is 0 Å². The number of rotatable bonds is 5. The second-order valence-electron chi connectivity index (χ2n) is 5.12. The fraction of sp³-hybridized carbons (Fsp3) is 0.250. The number of aromatic nitrogens is 1. The molecule has 0 aliphatic heterocycles. The lowest BCUT2D eigenvalue weighted by atomic mass is 10.1. The van der Waals surface area contributed by atoms with Gasteiger partial charge in [-0.3, -0.25) is 4.98 Å². The fourth-order valence-electron chi connectivity index (χ4n) is 2.31. The summed E-state index contributed by atoms with van der Waals surface area (Å²) in [5.41, 5.74) is -0.556. The minimum absolute atomic E-state index is 0.0308. The van der Waals surface area contributed by atoms with Crippen molar-refractivity contribution in [2.75, 3.05) is 6.54 Å². The van der Waals surface area contributed by atoms with Crippen molar-refractivity contribution in [2.45, 2.75) is 24.0 Å². The normalized spacial score (nSPS) is 14.1. The van der Waals surface area contributed by atoms with Crippen LogP contribution in [0.2, 0.25) is 0 Å². The van der Waals surface area contributed by atoms with Crippen molar-refractivity contribution in [2.24, 2.45) is 0 Å². The zero-order valence-electron chi connectivity index (χ0n) is 13.3. The predicted molar refractivity (Wildman–Crippen MR) is 82.9 cm³/mol. The molecule has 0 spiro atoms. The third kappa shape index (κ3) is 4.23. The molecule has 138 valence electrons. The van der Waals surface area contributed by atoms with Crippen molar-refractivity contribution in [3.8, 4) is 6.07 Å². The van der Waals surface area contributed by atoms with Crippen molar-refractivity contribution in [3.05, 3.63) is 59.4 Å². The van der Waals surface area contributed by atoms with E-state index in [1.165, 1.54) is 13.1 Å². The topological polar surface area (TPSA) is 57.0 Å². The number of halogens is 5. The minimum atomic E-state index is -4.91. The molecular formula is C16H12F5N3OS. The molecule has 1 heterocycles. The van der Waals surface area contributed by atoms with Gasteiger partial charge in [-0.1, -0.05) is 13.0 Å². The van der Waals surface area contributed by atoms with Gasteiger partial charge in [-0.15, -0.1) is 0 Å². The van der Waals surface area contributed by atoms with Crippen LogP contribution in [-0.2, 0) is 11.0 Å². The minimum Gasteiger partial charge on any atom is -0.262 e. The average Bonchev–Trinajstić information content (AvgIpc) is 2.60. The molecule has 0 saturated heterocycles. The smallest absolute Gasteiger partial charge is 0.262 e. The summed E-state index contributed by atoms with van der Waals surface area (Å²) in [6, 6.07) is 2.28. The van der Waals surface area contributed by atoms with Gasteiger partial charge in [-0.05, 0) is 23.8 Å². The molecule has 2 aromatic rings. The fourth-order valence-corrected chi connectivity index (χ4v) is 3.62. The Balaban J connectivity index is 2.52. The Morgan fingerprint density at radius 1 is 1.23 bits per heavy atom. The molecule has 0 fully saturated rings. The van der Waals surface area contributed by atoms with E-state index in [-0.39, 0.29) is 17.0 Å². The molecule has 2 rings (SSSR count). The van der Waals surface area contributed by atoms with Gasteiger partial charge in [0.1, 0.15) is 23.1 Å². The molecule has 0 saturated carbocycles. The Bertz CT molecular complexity index is 866. The van der Waals surface area contributed by atoms with Crippen LogP contribution in [0.1, 0.15) is 24.1 Å². The van der Waals surface area contributed by atoms with Crippen LogP contribution >= 0.6 is 0 Å². The molecule has 2 atom stereocenters. The molecule has 0 bridgehead atoms. The third-order valence-electron chi connectivity index (χ3n) is 3.43. The van der Waals surface area contributed by atoms with E-state index in [1.807, 2.05) is 0 Å². The molecule has 2 unspecified atom stereocenters. The monoisotopic (exact) mass is 389 g/mol. The first kappa shape index (κ1) is 19.9. The first-order valence-electron chi connectivity index (χ1n) is 7.24. The highest BCUT2D eigenvalue weighted by Gasteiger charge is 2.46. The van der Waals surface area contributed by atoms with Crippen LogP contribution in [0.4, 0.5) is 22.0 Å². The first-order chi connectivity index (χ1) is 12.2. The van der Waals surface area contributed by atoms with E-state index >= 15 is 0 Å². The average molecular weight is 389 g/mol. The summed E-state index contributed by atoms with van der Waals surface area (Å²) in [5.74, 6) is -2.73. The molecule has 0 N–H and O–H groups in total. The maximum Gasteiger partial charge on any atom is 0.409 e. The lowest BCUT2D eigenvalue weighted by Gasteiger charge is -2.31. The van der Waals surface area contributed by atoms with E-state index in [0.717, 1.165) is 18.3 Å². The second kappa shape index (κ2) is 7.88. The van der Waals surface area contributed by atoms with Gasteiger partial charge >= 0.3 is 6.18 Å². The van der Waals surface area contributed by atoms with Gasteiger partial charge in [-0.25, -0.2) is 17.3 Å². The van der Waals surface area contributed by atoms with E-state index in [0.29, 0.717) is 16.4 Å². The van der Waals surface area contributed by atoms with Crippen LogP contribution in [0.3, 0.4) is 0 Å². The molecule has 0 aliphatic carbocycles. The van der Waals surface area contributed by atoms with Gasteiger partial charge in [0, 0.05) is 18.9 Å². The first-order valence-corrected chi connectivity index (χ1v) is 8.35. The van der Waals surface area contributed by atoms with Gasteiger partial charge in [0.05, 0.1) is 10.5 Å². The van der Waals surface area contributed by atoms with Crippen molar-refractivity contribution in [1.82, 2.24) is 9.29 Å². The Morgan fingerprint density at radius 2 is 1.92 bits per heavy atom. The summed E-state index contributed by atoms with van der Waals surface area (Å²) in [5, 5.41) is 8.85.